The standard InChI is InChI=1S/C12H12N3.CHF3/c1-10-4-3-5-11(6-10)15-9-14(2)8-12(15)7-13;2-1(3)4/h3-6,8-9H,1-2H3;1H/q+1;. The zero-order valence-electron chi connectivity index (χ0n) is 10.5. The normalized spacial score (nSPS) is 9.74. The lowest BCUT2D eigenvalue weighted by atomic mass is 10.2. The third-order valence-electron chi connectivity index (χ3n) is 2.28. The molecule has 0 bridgehead atoms. The molecule has 2 aromatic rings. The smallest absolute Gasteiger partial charge is 0.238 e. The van der Waals surface area contributed by atoms with Gasteiger partial charge in [-0.15, -0.1) is 0 Å². The molecular weight excluding hydrogens is 255 g/mol. The first-order valence-corrected chi connectivity index (χ1v) is 5.41. The van der Waals surface area contributed by atoms with E-state index in [1.165, 1.54) is 5.56 Å². The number of alkyl halides is 3. The van der Waals surface area contributed by atoms with Gasteiger partial charge in [0.1, 0.15) is 18.0 Å². The molecule has 0 N–H and O–H groups in total. The second kappa shape index (κ2) is 6.59. The van der Waals surface area contributed by atoms with E-state index < -0.39 is 6.68 Å². The molecule has 0 spiro atoms. The van der Waals surface area contributed by atoms with E-state index in [1.54, 1.807) is 0 Å². The van der Waals surface area contributed by atoms with Crippen LogP contribution in [0, 0.1) is 18.3 Å². The van der Waals surface area contributed by atoms with Crippen molar-refractivity contribution in [1.29, 1.82) is 5.26 Å². The summed E-state index contributed by atoms with van der Waals surface area (Å²) in [6.45, 7) is -1.63. The molecule has 0 radical (unpaired) electrons. The van der Waals surface area contributed by atoms with Crippen LogP contribution in [-0.4, -0.2) is 11.2 Å². The Morgan fingerprint density at radius 1 is 1.32 bits per heavy atom. The van der Waals surface area contributed by atoms with Gasteiger partial charge in [0.05, 0.1) is 7.05 Å². The van der Waals surface area contributed by atoms with Crippen LogP contribution in [0.3, 0.4) is 0 Å². The molecule has 0 aliphatic heterocycles. The molecule has 1 aromatic carbocycles. The Morgan fingerprint density at radius 3 is 2.47 bits per heavy atom. The number of nitriles is 1. The van der Waals surface area contributed by atoms with Crippen LogP contribution in [0.5, 0.6) is 0 Å². The van der Waals surface area contributed by atoms with Crippen LogP contribution in [-0.2, 0) is 7.05 Å². The van der Waals surface area contributed by atoms with Crippen LogP contribution in [0.4, 0.5) is 13.2 Å². The van der Waals surface area contributed by atoms with Crippen LogP contribution < -0.4 is 4.57 Å². The third kappa shape index (κ3) is 4.47. The minimum atomic E-state index is -3.67. The molecule has 0 unspecified atom stereocenters. The summed E-state index contributed by atoms with van der Waals surface area (Å²) >= 11 is 0. The molecule has 6 heteroatoms. The lowest BCUT2D eigenvalue weighted by Crippen LogP contribution is -2.23. The molecule has 0 saturated heterocycles. The molecule has 100 valence electrons. The van der Waals surface area contributed by atoms with Gasteiger partial charge in [0.25, 0.3) is 0 Å². The predicted molar refractivity (Wildman–Crippen MR) is 63.5 cm³/mol. The van der Waals surface area contributed by atoms with E-state index in [0.717, 1.165) is 5.69 Å². The third-order valence-corrected chi connectivity index (χ3v) is 2.28. The van der Waals surface area contributed by atoms with Crippen LogP contribution in [0.15, 0.2) is 36.8 Å². The van der Waals surface area contributed by atoms with Gasteiger partial charge < -0.3 is 0 Å². The summed E-state index contributed by atoms with van der Waals surface area (Å²) in [6.07, 6.45) is 3.70. The molecule has 0 amide bonds. The summed E-state index contributed by atoms with van der Waals surface area (Å²) in [4.78, 5) is 0. The van der Waals surface area contributed by atoms with Gasteiger partial charge in [-0.2, -0.15) is 23.0 Å². The number of hydrogen-bond donors (Lipinski definition) is 0. The number of nitrogens with zero attached hydrogens (tertiary/aromatic N) is 3. The molecule has 1 heterocycles. The van der Waals surface area contributed by atoms with Gasteiger partial charge in [0.15, 0.2) is 0 Å². The number of aryl methyl sites for hydroxylation is 2. The van der Waals surface area contributed by atoms with Gasteiger partial charge in [-0.3, -0.25) is 0 Å². The van der Waals surface area contributed by atoms with Crippen LogP contribution in [0.2, 0.25) is 0 Å². The Kier molecular flexibility index (Phi) is 5.12. The minimum Gasteiger partial charge on any atom is -0.238 e. The zero-order chi connectivity index (χ0) is 14.4. The number of halogens is 3. The molecule has 0 aliphatic carbocycles. The van der Waals surface area contributed by atoms with E-state index in [0.29, 0.717) is 5.69 Å². The van der Waals surface area contributed by atoms with Gasteiger partial charge in [-0.05, 0) is 24.6 Å². The van der Waals surface area contributed by atoms with Crippen LogP contribution >= 0.6 is 0 Å². The van der Waals surface area contributed by atoms with Crippen molar-refractivity contribution in [3.8, 4) is 11.8 Å². The van der Waals surface area contributed by atoms with Gasteiger partial charge in [0, 0.05) is 0 Å². The number of rotatable bonds is 1. The molecule has 3 nitrogen and oxygen atoms in total. The van der Waals surface area contributed by atoms with Crippen molar-refractivity contribution < 1.29 is 17.7 Å². The highest BCUT2D eigenvalue weighted by atomic mass is 19.4. The van der Waals surface area contributed by atoms with Crippen molar-refractivity contribution in [3.05, 3.63) is 48.0 Å². The van der Waals surface area contributed by atoms with Gasteiger partial charge in [-0.1, -0.05) is 12.1 Å². The molecule has 1 aromatic heterocycles. The first-order valence-electron chi connectivity index (χ1n) is 5.41. The van der Waals surface area contributed by atoms with Gasteiger partial charge in [-0.25, -0.2) is 4.57 Å². The number of aromatic nitrogens is 2. The Bertz CT molecular complexity index is 582. The Labute approximate surface area is 109 Å². The topological polar surface area (TPSA) is 32.6 Å². The summed E-state index contributed by atoms with van der Waals surface area (Å²) in [6, 6.07) is 10.3. The van der Waals surface area contributed by atoms with Crippen LogP contribution in [0.1, 0.15) is 11.3 Å². The zero-order valence-corrected chi connectivity index (χ0v) is 10.5. The van der Waals surface area contributed by atoms with Gasteiger partial charge >= 0.3 is 6.68 Å². The fraction of sp³-hybridized carbons (Fsp3) is 0.231. The van der Waals surface area contributed by atoms with E-state index in [1.807, 2.05) is 53.8 Å². The van der Waals surface area contributed by atoms with Crippen molar-refractivity contribution in [2.24, 2.45) is 7.05 Å². The van der Waals surface area contributed by atoms with Crippen molar-refractivity contribution in [2.75, 3.05) is 0 Å². The molecule has 0 aliphatic rings. The largest absolute Gasteiger partial charge is 0.379 e. The monoisotopic (exact) mass is 268 g/mol. The second-order valence-corrected chi connectivity index (χ2v) is 3.86. The molecule has 19 heavy (non-hydrogen) atoms. The average molecular weight is 268 g/mol. The summed E-state index contributed by atoms with van der Waals surface area (Å²) < 4.78 is 32.8. The Morgan fingerprint density at radius 2 is 1.95 bits per heavy atom. The maximum atomic E-state index is 9.67. The highest BCUT2D eigenvalue weighted by molar-refractivity contribution is 5.38. The molecule has 0 fully saturated rings. The summed E-state index contributed by atoms with van der Waals surface area (Å²) in [5.74, 6) is 0. The maximum Gasteiger partial charge on any atom is 0.379 e. The number of hydrogen-bond acceptors (Lipinski definition) is 1. The lowest BCUT2D eigenvalue weighted by Gasteiger charge is -1.97. The fourth-order valence-electron chi connectivity index (χ4n) is 1.60. The highest BCUT2D eigenvalue weighted by Gasteiger charge is 2.12. The fourth-order valence-corrected chi connectivity index (χ4v) is 1.60. The SMILES string of the molecule is Cc1cccc(-n2c[n+](C)cc2C#N)c1.FC(F)F. The average Bonchev–Trinajstić information content (AvgIpc) is 2.70. The molecule has 0 saturated carbocycles. The quantitative estimate of drug-likeness (QED) is 0.732. The number of imidazole rings is 1. The maximum absolute atomic E-state index is 9.67. The van der Waals surface area contributed by atoms with E-state index >= 15 is 0 Å². The Hall–Kier alpha value is -2.29. The van der Waals surface area contributed by atoms with Crippen molar-refractivity contribution in [1.82, 2.24) is 4.57 Å². The number of benzene rings is 1. The van der Waals surface area contributed by atoms with Crippen molar-refractivity contribution in [2.45, 2.75) is 13.6 Å². The summed E-state index contributed by atoms with van der Waals surface area (Å²) in [7, 11) is 1.91. The molecule has 0 atom stereocenters. The van der Waals surface area contributed by atoms with E-state index in [-0.39, 0.29) is 0 Å². The highest BCUT2D eigenvalue weighted by Crippen LogP contribution is 2.11. The van der Waals surface area contributed by atoms with Crippen molar-refractivity contribution in [3.63, 3.8) is 0 Å². The van der Waals surface area contributed by atoms with Gasteiger partial charge in [0.2, 0.25) is 12.0 Å². The first-order chi connectivity index (χ1) is 8.93. The minimum absolute atomic E-state index is 0.642. The second-order valence-electron chi connectivity index (χ2n) is 3.86. The molecule has 2 rings (SSSR count). The van der Waals surface area contributed by atoms with Crippen LogP contribution in [0.25, 0.3) is 5.69 Å². The van der Waals surface area contributed by atoms with Crippen molar-refractivity contribution >= 4 is 0 Å². The summed E-state index contributed by atoms with van der Waals surface area (Å²) in [5.41, 5.74) is 2.85. The first kappa shape index (κ1) is 14.8. The van der Waals surface area contributed by atoms with E-state index in [2.05, 4.69) is 12.1 Å². The molecular formula is C13H13F3N3+. The predicted octanol–water partition coefficient (Wildman–Crippen LogP) is 2.66. The Balaban J connectivity index is 0.000000399. The summed E-state index contributed by atoms with van der Waals surface area (Å²) in [5, 5.41) is 8.98. The van der Waals surface area contributed by atoms with E-state index in [9.17, 15) is 13.2 Å². The lowest BCUT2D eigenvalue weighted by molar-refractivity contribution is -0.670. The van der Waals surface area contributed by atoms with E-state index in [4.69, 9.17) is 5.26 Å².